The van der Waals surface area contributed by atoms with E-state index < -0.39 is 8.07 Å². The van der Waals surface area contributed by atoms with Gasteiger partial charge in [-0.1, -0.05) is 54.9 Å². The molecule has 0 spiro atoms. The highest BCUT2D eigenvalue weighted by Gasteiger charge is 2.37. The van der Waals surface area contributed by atoms with E-state index in [1.165, 1.54) is 19.3 Å². The van der Waals surface area contributed by atoms with Crippen molar-refractivity contribution in [3.8, 4) is 0 Å². The van der Waals surface area contributed by atoms with Gasteiger partial charge in [-0.25, -0.2) is 0 Å². The Kier molecular flexibility index (Phi) is 1.99. The summed E-state index contributed by atoms with van der Waals surface area (Å²) in [5, 5.41) is 1.77. The fourth-order valence-electron chi connectivity index (χ4n) is 2.24. The lowest BCUT2D eigenvalue weighted by atomic mass is 10.2. The van der Waals surface area contributed by atoms with Crippen molar-refractivity contribution in [1.82, 2.24) is 0 Å². The average Bonchev–Trinajstić information content (AvgIpc) is 2.48. The number of hydrogen-bond acceptors (Lipinski definition) is 0. The third-order valence-corrected chi connectivity index (χ3v) is 8.21. The lowest BCUT2D eigenvalue weighted by molar-refractivity contribution is 0.910. The van der Waals surface area contributed by atoms with Crippen molar-refractivity contribution in [2.24, 2.45) is 0 Å². The Morgan fingerprint density at radius 2 is 2.17 bits per heavy atom. The van der Waals surface area contributed by atoms with Crippen LogP contribution in [-0.2, 0) is 0 Å². The highest BCUT2D eigenvalue weighted by molar-refractivity contribution is 6.88. The Balaban J connectivity index is 2.11. The molecule has 0 aromatic rings. The smallest absolute Gasteiger partial charge is 0.0812 e. The minimum atomic E-state index is -0.837. The topological polar surface area (TPSA) is 0 Å². The van der Waals surface area contributed by atoms with Gasteiger partial charge in [0.05, 0.1) is 8.07 Å². The quantitative estimate of drug-likeness (QED) is 0.566. The van der Waals surface area contributed by atoms with E-state index in [4.69, 9.17) is 0 Å². The molecule has 2 aliphatic rings. The summed E-state index contributed by atoms with van der Waals surface area (Å²) in [4.78, 5) is 0. The summed E-state index contributed by atoms with van der Waals surface area (Å²) in [6, 6.07) is 3.10. The van der Waals surface area contributed by atoms with Crippen LogP contribution in [0.5, 0.6) is 0 Å². The molecule has 2 rings (SSSR count). The van der Waals surface area contributed by atoms with Gasteiger partial charge in [-0.05, 0) is 12.8 Å². The molecule has 0 aromatic heterocycles. The summed E-state index contributed by atoms with van der Waals surface area (Å²) in [6.45, 7) is 4.82. The van der Waals surface area contributed by atoms with Crippen LogP contribution in [0.15, 0.2) is 22.9 Å². The van der Waals surface area contributed by atoms with E-state index in [1.807, 2.05) is 0 Å². The molecular formula is C11H18Si. The van der Waals surface area contributed by atoms with Gasteiger partial charge in [0.15, 0.2) is 0 Å². The minimum Gasteiger partial charge on any atom is -0.0812 e. The molecule has 0 unspecified atom stereocenters. The zero-order chi connectivity index (χ0) is 8.60. The second-order valence-electron chi connectivity index (χ2n) is 4.43. The number of allylic oxidation sites excluding steroid dienone is 4. The van der Waals surface area contributed by atoms with Crippen LogP contribution in [0, 0.1) is 0 Å². The van der Waals surface area contributed by atoms with Gasteiger partial charge in [0.25, 0.3) is 0 Å². The highest BCUT2D eigenvalue weighted by Crippen LogP contribution is 2.41. The fourth-order valence-corrected chi connectivity index (χ4v) is 5.38. The van der Waals surface area contributed by atoms with Gasteiger partial charge in [-0.3, -0.25) is 0 Å². The molecule has 0 bridgehead atoms. The molecule has 0 atom stereocenters. The van der Waals surface area contributed by atoms with E-state index >= 15 is 0 Å². The molecule has 0 nitrogen and oxygen atoms in total. The zero-order valence-corrected chi connectivity index (χ0v) is 9.19. The molecule has 1 aliphatic carbocycles. The van der Waals surface area contributed by atoms with Gasteiger partial charge in [0, 0.05) is 0 Å². The first-order valence-electron chi connectivity index (χ1n) is 5.15. The monoisotopic (exact) mass is 178 g/mol. The van der Waals surface area contributed by atoms with Crippen molar-refractivity contribution < 1.29 is 0 Å². The molecule has 1 saturated heterocycles. The minimum absolute atomic E-state index is 0.837. The molecule has 1 fully saturated rings. The molecule has 0 aromatic carbocycles. The van der Waals surface area contributed by atoms with E-state index in [0.29, 0.717) is 0 Å². The van der Waals surface area contributed by atoms with Gasteiger partial charge in [-0.15, -0.1) is 0 Å². The summed E-state index contributed by atoms with van der Waals surface area (Å²) in [5.41, 5.74) is 1.66. The van der Waals surface area contributed by atoms with Gasteiger partial charge in [-0.2, -0.15) is 0 Å². The Morgan fingerprint density at radius 1 is 1.42 bits per heavy atom. The highest BCUT2D eigenvalue weighted by atomic mass is 28.3. The fraction of sp³-hybridized carbons (Fsp3) is 0.636. The van der Waals surface area contributed by atoms with Crippen molar-refractivity contribution in [3.05, 3.63) is 22.9 Å². The SMILES string of the molecule is CCC1=CC([Si]2(C)CCC2)=CC1. The van der Waals surface area contributed by atoms with E-state index in [1.54, 1.807) is 22.9 Å². The second-order valence-corrected chi connectivity index (χ2v) is 9.13. The Morgan fingerprint density at radius 3 is 2.58 bits per heavy atom. The molecule has 0 N–H and O–H groups in total. The standard InChI is InChI=1S/C11H18Si/c1-3-10-5-6-11(9-10)12(2)7-4-8-12/h6,9H,3-5,7-8H2,1-2H3. The Bertz CT molecular complexity index is 244. The van der Waals surface area contributed by atoms with E-state index in [9.17, 15) is 0 Å². The Labute approximate surface area is 76.4 Å². The van der Waals surface area contributed by atoms with E-state index in [-0.39, 0.29) is 0 Å². The van der Waals surface area contributed by atoms with Crippen LogP contribution >= 0.6 is 0 Å². The number of rotatable bonds is 2. The van der Waals surface area contributed by atoms with Crippen LogP contribution < -0.4 is 0 Å². The first-order valence-corrected chi connectivity index (χ1v) is 8.06. The van der Waals surface area contributed by atoms with Gasteiger partial charge in [0.2, 0.25) is 0 Å². The third-order valence-electron chi connectivity index (χ3n) is 3.55. The van der Waals surface area contributed by atoms with Crippen molar-refractivity contribution in [1.29, 1.82) is 0 Å². The lowest BCUT2D eigenvalue weighted by Gasteiger charge is -2.37. The summed E-state index contributed by atoms with van der Waals surface area (Å²) in [5.74, 6) is 0. The second kappa shape index (κ2) is 2.88. The van der Waals surface area contributed by atoms with Crippen molar-refractivity contribution in [3.63, 3.8) is 0 Å². The summed E-state index contributed by atoms with van der Waals surface area (Å²) in [6.07, 6.45) is 9.02. The lowest BCUT2D eigenvalue weighted by Crippen LogP contribution is -2.39. The molecule has 0 radical (unpaired) electrons. The zero-order valence-electron chi connectivity index (χ0n) is 8.19. The summed E-state index contributed by atoms with van der Waals surface area (Å²) >= 11 is 0. The maximum absolute atomic E-state index is 2.55. The van der Waals surface area contributed by atoms with Crippen LogP contribution in [-0.4, -0.2) is 8.07 Å². The van der Waals surface area contributed by atoms with Crippen molar-refractivity contribution in [2.45, 2.75) is 44.8 Å². The predicted molar refractivity (Wildman–Crippen MR) is 56.9 cm³/mol. The predicted octanol–water partition coefficient (Wildman–Crippen LogP) is 3.67. The Hall–Kier alpha value is -0.303. The molecule has 12 heavy (non-hydrogen) atoms. The molecule has 66 valence electrons. The molecule has 1 heterocycles. The van der Waals surface area contributed by atoms with Gasteiger partial charge >= 0.3 is 0 Å². The van der Waals surface area contributed by atoms with Gasteiger partial charge < -0.3 is 0 Å². The molecule has 0 saturated carbocycles. The van der Waals surface area contributed by atoms with Crippen LogP contribution in [0.1, 0.15) is 26.2 Å². The maximum atomic E-state index is 2.55. The molecule has 1 aliphatic heterocycles. The first kappa shape index (κ1) is 8.30. The maximum Gasteiger partial charge on any atom is 0.0832 e. The summed E-state index contributed by atoms with van der Waals surface area (Å²) in [7, 11) is -0.837. The molecule has 1 heteroatoms. The first-order chi connectivity index (χ1) is 5.74. The van der Waals surface area contributed by atoms with Crippen LogP contribution in [0.25, 0.3) is 0 Å². The van der Waals surface area contributed by atoms with Crippen LogP contribution in [0.4, 0.5) is 0 Å². The van der Waals surface area contributed by atoms with Crippen molar-refractivity contribution >= 4 is 8.07 Å². The largest absolute Gasteiger partial charge is 0.0832 e. The third kappa shape index (κ3) is 1.20. The van der Waals surface area contributed by atoms with Crippen LogP contribution in [0.3, 0.4) is 0 Å². The average molecular weight is 178 g/mol. The van der Waals surface area contributed by atoms with E-state index in [2.05, 4.69) is 25.6 Å². The number of hydrogen-bond donors (Lipinski definition) is 0. The van der Waals surface area contributed by atoms with Crippen LogP contribution in [0.2, 0.25) is 18.6 Å². The van der Waals surface area contributed by atoms with Gasteiger partial charge in [0.1, 0.15) is 0 Å². The summed E-state index contributed by atoms with van der Waals surface area (Å²) < 4.78 is 0. The normalized spacial score (nSPS) is 26.2. The molecule has 0 amide bonds. The van der Waals surface area contributed by atoms with Crippen molar-refractivity contribution in [2.75, 3.05) is 0 Å². The molecular weight excluding hydrogens is 160 g/mol. The van der Waals surface area contributed by atoms with E-state index in [0.717, 1.165) is 0 Å².